The van der Waals surface area contributed by atoms with Crippen molar-refractivity contribution in [3.05, 3.63) is 95.1 Å². The number of anilines is 2. The third kappa shape index (κ3) is 5.27. The maximum absolute atomic E-state index is 12.8. The predicted octanol–water partition coefficient (Wildman–Crippen LogP) is 4.91. The van der Waals surface area contributed by atoms with Gasteiger partial charge in [-0.2, -0.15) is 13.2 Å². The van der Waals surface area contributed by atoms with Gasteiger partial charge in [0, 0.05) is 16.9 Å². The molecule has 3 aromatic rings. The summed E-state index contributed by atoms with van der Waals surface area (Å²) in [5.74, 6) is -2.51. The molecule has 0 saturated heterocycles. The summed E-state index contributed by atoms with van der Waals surface area (Å²) in [6.45, 7) is 0. The number of hydrogen-bond donors (Lipinski definition) is 3. The molecule has 0 aromatic heterocycles. The van der Waals surface area contributed by atoms with Gasteiger partial charge in [-0.3, -0.25) is 9.59 Å². The first-order chi connectivity index (χ1) is 14.6. The number of alkyl halides is 3. The van der Waals surface area contributed by atoms with E-state index < -0.39 is 29.5 Å². The van der Waals surface area contributed by atoms with Crippen molar-refractivity contribution < 1.29 is 32.7 Å². The molecule has 0 unspecified atom stereocenters. The molecule has 2 amide bonds. The van der Waals surface area contributed by atoms with E-state index in [0.717, 1.165) is 12.1 Å². The number of aromatic carboxylic acids is 1. The van der Waals surface area contributed by atoms with Crippen LogP contribution in [0, 0.1) is 0 Å². The molecule has 0 radical (unpaired) electrons. The third-order valence-electron chi connectivity index (χ3n) is 4.25. The molecule has 3 N–H and O–H groups in total. The van der Waals surface area contributed by atoms with Gasteiger partial charge in [0.25, 0.3) is 11.8 Å². The number of rotatable bonds is 5. The topological polar surface area (TPSA) is 95.5 Å². The number of amides is 2. The van der Waals surface area contributed by atoms with Crippen molar-refractivity contribution >= 4 is 29.2 Å². The van der Waals surface area contributed by atoms with E-state index in [1.165, 1.54) is 60.7 Å². The second-order valence-electron chi connectivity index (χ2n) is 6.41. The molecular formula is C22H15F3N2O4. The van der Waals surface area contributed by atoms with Crippen molar-refractivity contribution in [2.24, 2.45) is 0 Å². The van der Waals surface area contributed by atoms with E-state index in [4.69, 9.17) is 0 Å². The average Bonchev–Trinajstić information content (AvgIpc) is 2.73. The molecule has 3 aromatic carbocycles. The summed E-state index contributed by atoms with van der Waals surface area (Å²) in [7, 11) is 0. The summed E-state index contributed by atoms with van der Waals surface area (Å²) in [5, 5.41) is 14.1. The van der Waals surface area contributed by atoms with Crippen LogP contribution in [0.25, 0.3) is 0 Å². The fourth-order valence-electron chi connectivity index (χ4n) is 2.75. The Morgan fingerprint density at radius 3 is 1.94 bits per heavy atom. The molecule has 0 aliphatic heterocycles. The molecule has 31 heavy (non-hydrogen) atoms. The van der Waals surface area contributed by atoms with E-state index in [0.29, 0.717) is 5.69 Å². The number of benzene rings is 3. The van der Waals surface area contributed by atoms with Gasteiger partial charge in [-0.05, 0) is 54.6 Å². The average molecular weight is 428 g/mol. The van der Waals surface area contributed by atoms with E-state index in [2.05, 4.69) is 10.6 Å². The first-order valence-electron chi connectivity index (χ1n) is 8.87. The highest BCUT2D eigenvalue weighted by Gasteiger charge is 2.30. The lowest BCUT2D eigenvalue weighted by atomic mass is 10.1. The quantitative estimate of drug-likeness (QED) is 0.538. The van der Waals surface area contributed by atoms with Gasteiger partial charge < -0.3 is 15.7 Å². The Morgan fingerprint density at radius 2 is 1.32 bits per heavy atom. The highest BCUT2D eigenvalue weighted by Crippen LogP contribution is 2.30. The zero-order chi connectivity index (χ0) is 22.6. The summed E-state index contributed by atoms with van der Waals surface area (Å²) in [6, 6.07) is 15.5. The number of nitrogens with one attached hydrogen (secondary N) is 2. The molecule has 6 nitrogen and oxygen atoms in total. The van der Waals surface area contributed by atoms with Gasteiger partial charge in [0.05, 0.1) is 16.7 Å². The second-order valence-corrected chi connectivity index (χ2v) is 6.41. The Balaban J connectivity index is 1.70. The van der Waals surface area contributed by atoms with Crippen LogP contribution in [0.3, 0.4) is 0 Å². The number of halogens is 3. The Morgan fingerprint density at radius 1 is 0.710 bits per heavy atom. The minimum absolute atomic E-state index is 0.0116. The Kier molecular flexibility index (Phi) is 6.05. The maximum Gasteiger partial charge on any atom is 0.416 e. The summed E-state index contributed by atoms with van der Waals surface area (Å²) < 4.78 is 38.4. The summed E-state index contributed by atoms with van der Waals surface area (Å²) in [5.41, 5.74) is -0.618. The van der Waals surface area contributed by atoms with Gasteiger partial charge in [-0.1, -0.05) is 18.2 Å². The third-order valence-corrected chi connectivity index (χ3v) is 4.25. The van der Waals surface area contributed by atoms with Gasteiger partial charge in [0.2, 0.25) is 0 Å². The minimum Gasteiger partial charge on any atom is -0.478 e. The van der Waals surface area contributed by atoms with E-state index >= 15 is 0 Å². The molecule has 0 atom stereocenters. The van der Waals surface area contributed by atoms with E-state index in [-0.39, 0.29) is 22.4 Å². The van der Waals surface area contributed by atoms with Crippen LogP contribution < -0.4 is 10.6 Å². The van der Waals surface area contributed by atoms with Crippen LogP contribution in [0.15, 0.2) is 72.8 Å². The van der Waals surface area contributed by atoms with Crippen LogP contribution in [0.2, 0.25) is 0 Å². The monoisotopic (exact) mass is 428 g/mol. The fraction of sp³-hybridized carbons (Fsp3) is 0.0455. The Bertz CT molecular complexity index is 1140. The van der Waals surface area contributed by atoms with Crippen molar-refractivity contribution in [3.63, 3.8) is 0 Å². The van der Waals surface area contributed by atoms with Crippen molar-refractivity contribution in [1.82, 2.24) is 0 Å². The lowest BCUT2D eigenvalue weighted by molar-refractivity contribution is -0.137. The van der Waals surface area contributed by atoms with Gasteiger partial charge in [-0.15, -0.1) is 0 Å². The maximum atomic E-state index is 12.8. The number of carbonyl (C=O) groups is 3. The van der Waals surface area contributed by atoms with Crippen molar-refractivity contribution in [3.8, 4) is 0 Å². The number of hydrogen-bond acceptors (Lipinski definition) is 3. The lowest BCUT2D eigenvalue weighted by Gasteiger charge is -2.11. The number of carboxylic acids is 1. The Labute approximate surface area is 174 Å². The number of carbonyl (C=O) groups excluding carboxylic acids is 2. The zero-order valence-electron chi connectivity index (χ0n) is 15.7. The molecule has 0 aliphatic carbocycles. The van der Waals surface area contributed by atoms with E-state index in [1.54, 1.807) is 0 Å². The first-order valence-corrected chi connectivity index (χ1v) is 8.87. The molecule has 3 rings (SSSR count). The second kappa shape index (κ2) is 8.70. The molecule has 0 saturated carbocycles. The smallest absolute Gasteiger partial charge is 0.416 e. The standard InChI is InChI=1S/C22H15F3N2O4/c23-22(24,25)14-4-3-5-16(12-14)27-19(28)13-8-10-15(11-9-13)26-20(29)17-6-1-2-7-18(17)21(30)31/h1-12H,(H,26,29)(H,27,28)(H,30,31). The van der Waals surface area contributed by atoms with Crippen LogP contribution >= 0.6 is 0 Å². The highest BCUT2D eigenvalue weighted by molar-refractivity contribution is 6.11. The van der Waals surface area contributed by atoms with Crippen LogP contribution in [0.4, 0.5) is 24.5 Å². The van der Waals surface area contributed by atoms with Crippen molar-refractivity contribution in [2.45, 2.75) is 6.18 Å². The highest BCUT2D eigenvalue weighted by atomic mass is 19.4. The fourth-order valence-corrected chi connectivity index (χ4v) is 2.75. The summed E-state index contributed by atoms with van der Waals surface area (Å²) in [4.78, 5) is 35.9. The number of carboxylic acid groups (broad SMARTS) is 1. The molecule has 158 valence electrons. The molecule has 0 fully saturated rings. The van der Waals surface area contributed by atoms with E-state index in [1.807, 2.05) is 0 Å². The normalized spacial score (nSPS) is 10.9. The van der Waals surface area contributed by atoms with Crippen molar-refractivity contribution in [1.29, 1.82) is 0 Å². The zero-order valence-corrected chi connectivity index (χ0v) is 15.7. The van der Waals surface area contributed by atoms with Crippen molar-refractivity contribution in [2.75, 3.05) is 10.6 Å². The van der Waals surface area contributed by atoms with Crippen LogP contribution in [-0.2, 0) is 6.18 Å². The Hall–Kier alpha value is -4.14. The molecular weight excluding hydrogens is 413 g/mol. The van der Waals surface area contributed by atoms with Crippen LogP contribution in [-0.4, -0.2) is 22.9 Å². The molecule has 0 spiro atoms. The summed E-state index contributed by atoms with van der Waals surface area (Å²) >= 11 is 0. The first kappa shape index (κ1) is 21.6. The van der Waals surface area contributed by atoms with Crippen LogP contribution in [0.5, 0.6) is 0 Å². The molecule has 0 heterocycles. The minimum atomic E-state index is -4.53. The van der Waals surface area contributed by atoms with E-state index in [9.17, 15) is 32.7 Å². The van der Waals surface area contributed by atoms with Crippen LogP contribution in [0.1, 0.15) is 36.6 Å². The molecule has 0 bridgehead atoms. The summed E-state index contributed by atoms with van der Waals surface area (Å²) in [6.07, 6.45) is -4.53. The van der Waals surface area contributed by atoms with Gasteiger partial charge in [0.1, 0.15) is 0 Å². The molecule has 9 heteroatoms. The largest absolute Gasteiger partial charge is 0.478 e. The predicted molar refractivity (Wildman–Crippen MR) is 107 cm³/mol. The van der Waals surface area contributed by atoms with Gasteiger partial charge >= 0.3 is 12.1 Å². The molecule has 0 aliphatic rings. The van der Waals surface area contributed by atoms with Gasteiger partial charge in [-0.25, -0.2) is 4.79 Å². The van der Waals surface area contributed by atoms with Gasteiger partial charge in [0.15, 0.2) is 0 Å². The SMILES string of the molecule is O=C(Nc1cccc(C(F)(F)F)c1)c1ccc(NC(=O)c2ccccc2C(=O)O)cc1. The lowest BCUT2D eigenvalue weighted by Crippen LogP contribution is -2.16.